The standard InChI is InChI=1S/C8H8/c1-2-8-6-4-3-5-7-8/h2,6H,1,3-4H2. The fourth-order valence-electron chi connectivity index (χ4n) is 0.650. The summed E-state index contributed by atoms with van der Waals surface area (Å²) in [5.41, 5.74) is 1.08. The van der Waals surface area contributed by atoms with E-state index in [1.807, 2.05) is 0 Å². The molecule has 0 aromatic carbocycles. The average molecular weight is 104 g/mol. The molecule has 8 heavy (non-hydrogen) atoms. The lowest BCUT2D eigenvalue weighted by atomic mass is 10.1. The van der Waals surface area contributed by atoms with Crippen LogP contribution in [0.3, 0.4) is 0 Å². The predicted molar refractivity (Wildman–Crippen MR) is 35.3 cm³/mol. The maximum atomic E-state index is 3.61. The number of hydrogen-bond acceptors (Lipinski definition) is 0. The van der Waals surface area contributed by atoms with Gasteiger partial charge in [-0.15, -0.1) is 0 Å². The maximum Gasteiger partial charge on any atom is 0.0199 e. The van der Waals surface area contributed by atoms with Crippen LogP contribution in [0.25, 0.3) is 0 Å². The SMILES string of the molecule is C=CC1=CCCC#C1. The van der Waals surface area contributed by atoms with Crippen molar-refractivity contribution in [2.45, 2.75) is 12.8 Å². The molecule has 0 nitrogen and oxygen atoms in total. The molecule has 0 aliphatic heterocycles. The molecule has 0 unspecified atom stereocenters. The normalized spacial score (nSPS) is 15.8. The van der Waals surface area contributed by atoms with Gasteiger partial charge in [0.2, 0.25) is 0 Å². The minimum absolute atomic E-state index is 1.01. The van der Waals surface area contributed by atoms with Crippen molar-refractivity contribution in [3.8, 4) is 11.8 Å². The van der Waals surface area contributed by atoms with Crippen LogP contribution in [0, 0.1) is 11.8 Å². The first-order valence-corrected chi connectivity index (χ1v) is 2.75. The van der Waals surface area contributed by atoms with Crippen molar-refractivity contribution in [1.82, 2.24) is 0 Å². The van der Waals surface area contributed by atoms with Crippen molar-refractivity contribution >= 4 is 0 Å². The van der Waals surface area contributed by atoms with Crippen molar-refractivity contribution in [2.24, 2.45) is 0 Å². The number of rotatable bonds is 1. The van der Waals surface area contributed by atoms with Crippen LogP contribution in [-0.2, 0) is 0 Å². The number of allylic oxidation sites excluding steroid dienone is 3. The van der Waals surface area contributed by atoms with Gasteiger partial charge in [0.25, 0.3) is 0 Å². The summed E-state index contributed by atoms with van der Waals surface area (Å²) in [6.45, 7) is 3.61. The summed E-state index contributed by atoms with van der Waals surface area (Å²) < 4.78 is 0. The molecule has 1 rings (SSSR count). The summed E-state index contributed by atoms with van der Waals surface area (Å²) in [5, 5.41) is 0. The van der Waals surface area contributed by atoms with Crippen molar-refractivity contribution in [3.63, 3.8) is 0 Å². The van der Waals surface area contributed by atoms with Crippen LogP contribution >= 0.6 is 0 Å². The molecule has 0 N–H and O–H groups in total. The summed E-state index contributed by atoms with van der Waals surface area (Å²) in [6.07, 6.45) is 6.02. The average Bonchev–Trinajstić information content (AvgIpc) is 1.90. The van der Waals surface area contributed by atoms with E-state index in [-0.39, 0.29) is 0 Å². The van der Waals surface area contributed by atoms with Crippen LogP contribution in [0.15, 0.2) is 24.3 Å². The maximum absolute atomic E-state index is 3.61. The fraction of sp³-hybridized carbons (Fsp3) is 0.250. The van der Waals surface area contributed by atoms with Crippen LogP contribution in [0.1, 0.15) is 12.8 Å². The lowest BCUT2D eigenvalue weighted by Gasteiger charge is -1.93. The van der Waals surface area contributed by atoms with Gasteiger partial charge in [-0.25, -0.2) is 0 Å². The zero-order valence-corrected chi connectivity index (χ0v) is 4.78. The molecule has 0 aromatic rings. The Morgan fingerprint density at radius 2 is 2.62 bits per heavy atom. The van der Waals surface area contributed by atoms with E-state index in [2.05, 4.69) is 24.5 Å². The van der Waals surface area contributed by atoms with E-state index in [9.17, 15) is 0 Å². The smallest absolute Gasteiger partial charge is 0.0199 e. The molecule has 40 valence electrons. The van der Waals surface area contributed by atoms with Crippen molar-refractivity contribution in [1.29, 1.82) is 0 Å². The Morgan fingerprint density at radius 1 is 1.75 bits per heavy atom. The molecule has 0 aromatic heterocycles. The molecule has 0 bridgehead atoms. The molecule has 0 spiro atoms. The largest absolute Gasteiger partial charge is 0.0978 e. The minimum Gasteiger partial charge on any atom is -0.0978 e. The van der Waals surface area contributed by atoms with E-state index in [0.29, 0.717) is 0 Å². The summed E-state index contributed by atoms with van der Waals surface area (Å²) in [4.78, 5) is 0. The zero-order valence-electron chi connectivity index (χ0n) is 4.78. The van der Waals surface area contributed by atoms with Gasteiger partial charge in [0.05, 0.1) is 0 Å². The van der Waals surface area contributed by atoms with Gasteiger partial charge in [0, 0.05) is 12.0 Å². The first-order chi connectivity index (χ1) is 3.93. The Morgan fingerprint density at radius 3 is 3.00 bits per heavy atom. The van der Waals surface area contributed by atoms with Gasteiger partial charge >= 0.3 is 0 Å². The third-order valence-corrected chi connectivity index (χ3v) is 1.09. The molecule has 0 atom stereocenters. The van der Waals surface area contributed by atoms with E-state index in [1.165, 1.54) is 0 Å². The molecule has 1 aliphatic rings. The molecular formula is C8H8. The molecule has 0 amide bonds. The molecule has 0 fully saturated rings. The Bertz CT molecular complexity index is 174. The monoisotopic (exact) mass is 104 g/mol. The van der Waals surface area contributed by atoms with Gasteiger partial charge in [-0.2, -0.15) is 0 Å². The third kappa shape index (κ3) is 1.01. The van der Waals surface area contributed by atoms with Gasteiger partial charge in [-0.1, -0.05) is 30.6 Å². The summed E-state index contributed by atoms with van der Waals surface area (Å²) in [6, 6.07) is 0. The molecule has 0 heterocycles. The molecule has 0 radical (unpaired) electrons. The highest BCUT2D eigenvalue weighted by Gasteiger charge is 1.87. The second-order valence-corrected chi connectivity index (χ2v) is 1.70. The first kappa shape index (κ1) is 5.18. The summed E-state index contributed by atoms with van der Waals surface area (Å²) >= 11 is 0. The lowest BCUT2D eigenvalue weighted by molar-refractivity contribution is 1.07. The van der Waals surface area contributed by atoms with E-state index >= 15 is 0 Å². The molecule has 0 saturated carbocycles. The minimum atomic E-state index is 1.01. The summed E-state index contributed by atoms with van der Waals surface area (Å²) in [7, 11) is 0. The van der Waals surface area contributed by atoms with E-state index in [4.69, 9.17) is 0 Å². The quantitative estimate of drug-likeness (QED) is 0.446. The van der Waals surface area contributed by atoms with Crippen molar-refractivity contribution < 1.29 is 0 Å². The van der Waals surface area contributed by atoms with Crippen molar-refractivity contribution in [3.05, 3.63) is 24.3 Å². The predicted octanol–water partition coefficient (Wildman–Crippen LogP) is 1.90. The third-order valence-electron chi connectivity index (χ3n) is 1.09. The van der Waals surface area contributed by atoms with Crippen LogP contribution < -0.4 is 0 Å². The Kier molecular flexibility index (Phi) is 1.54. The van der Waals surface area contributed by atoms with E-state index < -0.39 is 0 Å². The van der Waals surface area contributed by atoms with Gasteiger partial charge in [0.1, 0.15) is 0 Å². The molecule has 1 aliphatic carbocycles. The Labute approximate surface area is 49.9 Å². The highest BCUT2D eigenvalue weighted by Crippen LogP contribution is 2.02. The van der Waals surface area contributed by atoms with Crippen LogP contribution in [0.5, 0.6) is 0 Å². The van der Waals surface area contributed by atoms with E-state index in [0.717, 1.165) is 18.4 Å². The van der Waals surface area contributed by atoms with Crippen molar-refractivity contribution in [2.75, 3.05) is 0 Å². The second-order valence-electron chi connectivity index (χ2n) is 1.70. The second kappa shape index (κ2) is 2.37. The van der Waals surface area contributed by atoms with Gasteiger partial charge < -0.3 is 0 Å². The number of hydrogen-bond donors (Lipinski definition) is 0. The van der Waals surface area contributed by atoms with Gasteiger partial charge in [-0.3, -0.25) is 0 Å². The Balaban J connectivity index is 2.73. The van der Waals surface area contributed by atoms with Gasteiger partial charge in [-0.05, 0) is 6.42 Å². The highest BCUT2D eigenvalue weighted by atomic mass is 13.9. The molecule has 0 saturated heterocycles. The molecular weight excluding hydrogens is 96.1 g/mol. The van der Waals surface area contributed by atoms with E-state index in [1.54, 1.807) is 6.08 Å². The lowest BCUT2D eigenvalue weighted by Crippen LogP contribution is -1.78. The van der Waals surface area contributed by atoms with Crippen LogP contribution in [-0.4, -0.2) is 0 Å². The van der Waals surface area contributed by atoms with Gasteiger partial charge in [0.15, 0.2) is 0 Å². The Hall–Kier alpha value is -0.960. The highest BCUT2D eigenvalue weighted by molar-refractivity contribution is 5.39. The molecule has 0 heteroatoms. The topological polar surface area (TPSA) is 0 Å². The zero-order chi connectivity index (χ0) is 5.82. The van der Waals surface area contributed by atoms with Crippen LogP contribution in [0.4, 0.5) is 0 Å². The fourth-order valence-corrected chi connectivity index (χ4v) is 0.650. The summed E-state index contributed by atoms with van der Waals surface area (Å²) in [5.74, 6) is 5.96. The first-order valence-electron chi connectivity index (χ1n) is 2.75. The van der Waals surface area contributed by atoms with Crippen LogP contribution in [0.2, 0.25) is 0 Å².